The van der Waals surface area contributed by atoms with Gasteiger partial charge in [-0.1, -0.05) is 48.5 Å². The highest BCUT2D eigenvalue weighted by Crippen LogP contribution is 2.28. The molecule has 2 heterocycles. The van der Waals surface area contributed by atoms with Gasteiger partial charge in [0.1, 0.15) is 5.69 Å². The molecule has 3 aromatic rings. The summed E-state index contributed by atoms with van der Waals surface area (Å²) >= 11 is 0. The van der Waals surface area contributed by atoms with Gasteiger partial charge in [-0.2, -0.15) is 5.10 Å². The summed E-state index contributed by atoms with van der Waals surface area (Å²) in [6, 6.07) is 19.9. The normalized spacial score (nSPS) is 14.4. The summed E-state index contributed by atoms with van der Waals surface area (Å²) < 4.78 is 1.87. The molecule has 1 N–H and O–H groups in total. The Morgan fingerprint density at radius 3 is 2.23 bits per heavy atom. The third kappa shape index (κ3) is 3.02. The Bertz CT molecular complexity index is 897. The number of benzene rings is 2. The molecule has 0 saturated carbocycles. The second kappa shape index (κ2) is 7.14. The molecule has 26 heavy (non-hydrogen) atoms. The van der Waals surface area contributed by atoms with Gasteiger partial charge >= 0.3 is 0 Å². The highest BCUT2D eigenvalue weighted by atomic mass is 16.2. The van der Waals surface area contributed by atoms with Gasteiger partial charge in [-0.15, -0.1) is 0 Å². The zero-order chi connectivity index (χ0) is 17.9. The van der Waals surface area contributed by atoms with Gasteiger partial charge < -0.3 is 10.2 Å². The topological polar surface area (TPSA) is 50.2 Å². The molecule has 5 heteroatoms. The highest BCUT2D eigenvalue weighted by Gasteiger charge is 2.27. The van der Waals surface area contributed by atoms with Crippen LogP contribution in [0.25, 0.3) is 16.9 Å². The molecule has 1 saturated heterocycles. The van der Waals surface area contributed by atoms with E-state index < -0.39 is 0 Å². The number of hydrogen-bond acceptors (Lipinski definition) is 3. The quantitative estimate of drug-likeness (QED) is 0.793. The number of nitrogens with one attached hydrogen (secondary N) is 1. The van der Waals surface area contributed by atoms with E-state index in [1.807, 2.05) is 77.2 Å². The maximum atomic E-state index is 13.3. The van der Waals surface area contributed by atoms with Crippen LogP contribution in [-0.2, 0) is 0 Å². The molecule has 1 amide bonds. The Labute approximate surface area is 153 Å². The van der Waals surface area contributed by atoms with Gasteiger partial charge in [0.25, 0.3) is 5.91 Å². The number of carbonyl (C=O) groups excluding carboxylic acids is 1. The largest absolute Gasteiger partial charge is 0.336 e. The summed E-state index contributed by atoms with van der Waals surface area (Å²) in [4.78, 5) is 15.2. The number of rotatable bonds is 3. The standard InChI is InChI=1S/C21H22N4O/c1-16-19(21(26)24-14-12-22-13-15-24)20(17-8-4-2-5-9-17)23-25(16)18-10-6-3-7-11-18/h2-11,22H,12-15H2,1H3. The molecule has 0 spiro atoms. The molecular formula is C21H22N4O. The van der Waals surface area contributed by atoms with Crippen molar-refractivity contribution >= 4 is 5.91 Å². The fraction of sp³-hybridized carbons (Fsp3) is 0.238. The number of piperazine rings is 1. The Balaban J connectivity index is 1.85. The van der Waals surface area contributed by atoms with Crippen LogP contribution in [0.1, 0.15) is 16.1 Å². The second-order valence-corrected chi connectivity index (χ2v) is 6.46. The molecule has 5 nitrogen and oxygen atoms in total. The molecule has 1 fully saturated rings. The van der Waals surface area contributed by atoms with Crippen molar-refractivity contribution in [2.45, 2.75) is 6.92 Å². The van der Waals surface area contributed by atoms with Gasteiger partial charge in [0.2, 0.25) is 0 Å². The minimum absolute atomic E-state index is 0.0602. The Morgan fingerprint density at radius 2 is 1.58 bits per heavy atom. The van der Waals surface area contributed by atoms with Crippen molar-refractivity contribution in [1.29, 1.82) is 0 Å². The number of para-hydroxylation sites is 1. The Hall–Kier alpha value is -2.92. The fourth-order valence-corrected chi connectivity index (χ4v) is 3.40. The van der Waals surface area contributed by atoms with E-state index in [0.29, 0.717) is 5.56 Å². The van der Waals surface area contributed by atoms with Crippen LogP contribution in [0.3, 0.4) is 0 Å². The first-order chi connectivity index (χ1) is 12.8. The van der Waals surface area contributed by atoms with Crippen molar-refractivity contribution in [3.8, 4) is 16.9 Å². The van der Waals surface area contributed by atoms with Gasteiger partial charge in [0, 0.05) is 31.7 Å². The average molecular weight is 346 g/mol. The highest BCUT2D eigenvalue weighted by molar-refractivity contribution is 6.01. The van der Waals surface area contributed by atoms with Crippen molar-refractivity contribution in [3.63, 3.8) is 0 Å². The Morgan fingerprint density at radius 1 is 0.962 bits per heavy atom. The zero-order valence-corrected chi connectivity index (χ0v) is 14.9. The van der Waals surface area contributed by atoms with E-state index in [9.17, 15) is 4.79 Å². The predicted molar refractivity (Wildman–Crippen MR) is 103 cm³/mol. The average Bonchev–Trinajstić information content (AvgIpc) is 3.06. The molecule has 0 aliphatic carbocycles. The lowest BCUT2D eigenvalue weighted by molar-refractivity contribution is 0.0736. The maximum Gasteiger partial charge on any atom is 0.258 e. The molecule has 1 aliphatic heterocycles. The van der Waals surface area contributed by atoms with Crippen LogP contribution in [0, 0.1) is 6.92 Å². The van der Waals surface area contributed by atoms with Crippen LogP contribution in [0.15, 0.2) is 60.7 Å². The van der Waals surface area contributed by atoms with Crippen LogP contribution in [0.2, 0.25) is 0 Å². The summed E-state index contributed by atoms with van der Waals surface area (Å²) in [5.74, 6) is 0.0602. The molecular weight excluding hydrogens is 324 g/mol. The summed E-state index contributed by atoms with van der Waals surface area (Å²) in [5.41, 5.74) is 4.24. The van der Waals surface area contributed by atoms with E-state index in [4.69, 9.17) is 5.10 Å². The lowest BCUT2D eigenvalue weighted by Gasteiger charge is -2.27. The summed E-state index contributed by atoms with van der Waals surface area (Å²) in [5, 5.41) is 8.12. The molecule has 1 aromatic heterocycles. The van der Waals surface area contributed by atoms with E-state index in [2.05, 4.69) is 5.32 Å². The van der Waals surface area contributed by atoms with Crippen molar-refractivity contribution in [2.75, 3.05) is 26.2 Å². The number of aromatic nitrogens is 2. The van der Waals surface area contributed by atoms with Crippen LogP contribution < -0.4 is 5.32 Å². The van der Waals surface area contributed by atoms with E-state index in [1.165, 1.54) is 0 Å². The van der Waals surface area contributed by atoms with Crippen LogP contribution >= 0.6 is 0 Å². The van der Waals surface area contributed by atoms with Crippen molar-refractivity contribution in [3.05, 3.63) is 71.9 Å². The molecule has 0 bridgehead atoms. The van der Waals surface area contributed by atoms with Gasteiger partial charge in [0.05, 0.1) is 16.9 Å². The molecule has 1 aliphatic rings. The smallest absolute Gasteiger partial charge is 0.258 e. The SMILES string of the molecule is Cc1c(C(=O)N2CCNCC2)c(-c2ccccc2)nn1-c1ccccc1. The van der Waals surface area contributed by atoms with Crippen molar-refractivity contribution in [2.24, 2.45) is 0 Å². The second-order valence-electron chi connectivity index (χ2n) is 6.46. The van der Waals surface area contributed by atoms with Crippen molar-refractivity contribution < 1.29 is 4.79 Å². The van der Waals surface area contributed by atoms with Crippen LogP contribution in [0.4, 0.5) is 0 Å². The molecule has 4 rings (SSSR count). The van der Waals surface area contributed by atoms with E-state index in [0.717, 1.165) is 48.8 Å². The zero-order valence-electron chi connectivity index (χ0n) is 14.9. The molecule has 0 atom stereocenters. The first-order valence-corrected chi connectivity index (χ1v) is 8.96. The molecule has 2 aromatic carbocycles. The third-order valence-electron chi connectivity index (χ3n) is 4.78. The van der Waals surface area contributed by atoms with Gasteiger partial charge in [-0.05, 0) is 19.1 Å². The molecule has 0 unspecified atom stereocenters. The monoisotopic (exact) mass is 346 g/mol. The first kappa shape index (κ1) is 16.5. The minimum Gasteiger partial charge on any atom is -0.336 e. The number of nitrogens with zero attached hydrogens (tertiary/aromatic N) is 3. The van der Waals surface area contributed by atoms with Crippen LogP contribution in [0.5, 0.6) is 0 Å². The maximum absolute atomic E-state index is 13.3. The summed E-state index contributed by atoms with van der Waals surface area (Å²) in [6.45, 7) is 5.09. The number of amides is 1. The van der Waals surface area contributed by atoms with Crippen molar-refractivity contribution in [1.82, 2.24) is 20.0 Å². The molecule has 132 valence electrons. The van der Waals surface area contributed by atoms with Gasteiger partial charge in [0.15, 0.2) is 0 Å². The van der Waals surface area contributed by atoms with E-state index in [-0.39, 0.29) is 5.91 Å². The van der Waals surface area contributed by atoms with Gasteiger partial charge in [-0.3, -0.25) is 4.79 Å². The van der Waals surface area contributed by atoms with Gasteiger partial charge in [-0.25, -0.2) is 4.68 Å². The minimum atomic E-state index is 0.0602. The number of carbonyl (C=O) groups is 1. The lowest BCUT2D eigenvalue weighted by Crippen LogP contribution is -2.46. The van der Waals surface area contributed by atoms with E-state index in [1.54, 1.807) is 0 Å². The third-order valence-corrected chi connectivity index (χ3v) is 4.78. The Kier molecular flexibility index (Phi) is 4.54. The molecule has 0 radical (unpaired) electrons. The van der Waals surface area contributed by atoms with E-state index >= 15 is 0 Å². The summed E-state index contributed by atoms with van der Waals surface area (Å²) in [6.07, 6.45) is 0. The fourth-order valence-electron chi connectivity index (χ4n) is 3.40. The first-order valence-electron chi connectivity index (χ1n) is 8.96. The number of hydrogen-bond donors (Lipinski definition) is 1. The predicted octanol–water partition coefficient (Wildman–Crippen LogP) is 2.89. The summed E-state index contributed by atoms with van der Waals surface area (Å²) in [7, 11) is 0. The van der Waals surface area contributed by atoms with Crippen LogP contribution in [-0.4, -0.2) is 46.8 Å². The lowest BCUT2D eigenvalue weighted by atomic mass is 10.0.